The lowest BCUT2D eigenvalue weighted by molar-refractivity contribution is 0.197. The van der Waals surface area contributed by atoms with Crippen molar-refractivity contribution >= 4 is 0 Å². The molecule has 0 heterocycles. The van der Waals surface area contributed by atoms with E-state index in [1.54, 1.807) is 7.11 Å². The number of methoxy groups -OCH3 is 1. The molecule has 108 valence electrons. The molecule has 1 N–H and O–H groups in total. The van der Waals surface area contributed by atoms with Gasteiger partial charge in [0.2, 0.25) is 0 Å². The summed E-state index contributed by atoms with van der Waals surface area (Å²) in [5, 5.41) is 3.48. The molecule has 0 saturated carbocycles. The zero-order chi connectivity index (χ0) is 14.3. The van der Waals surface area contributed by atoms with Crippen molar-refractivity contribution < 1.29 is 9.47 Å². The first kappa shape index (κ1) is 15.8. The molecule has 1 aromatic rings. The van der Waals surface area contributed by atoms with Gasteiger partial charge in [-0.25, -0.2) is 0 Å². The molecule has 0 radical (unpaired) electrons. The van der Waals surface area contributed by atoms with Crippen LogP contribution >= 0.6 is 0 Å². The van der Waals surface area contributed by atoms with Gasteiger partial charge in [0, 0.05) is 5.54 Å². The SMILES string of the molecule is COc1ccccc1OC(C)CCCNC(C)(C)C. The van der Waals surface area contributed by atoms with Crippen molar-refractivity contribution in [2.45, 2.75) is 52.2 Å². The molecule has 3 heteroatoms. The normalized spacial score (nSPS) is 13.1. The van der Waals surface area contributed by atoms with Crippen LogP contribution in [-0.4, -0.2) is 25.3 Å². The van der Waals surface area contributed by atoms with Gasteiger partial charge in [-0.05, 0) is 59.2 Å². The van der Waals surface area contributed by atoms with E-state index >= 15 is 0 Å². The summed E-state index contributed by atoms with van der Waals surface area (Å²) in [4.78, 5) is 0. The van der Waals surface area contributed by atoms with Crippen LogP contribution in [0.5, 0.6) is 11.5 Å². The standard InChI is InChI=1S/C16H27NO2/c1-13(9-8-12-17-16(2,3)4)19-15-11-7-6-10-14(15)18-5/h6-7,10-11,13,17H,8-9,12H2,1-5H3. The minimum atomic E-state index is 0.187. The van der Waals surface area contributed by atoms with Crippen molar-refractivity contribution in [3.05, 3.63) is 24.3 Å². The molecule has 19 heavy (non-hydrogen) atoms. The fraction of sp³-hybridized carbons (Fsp3) is 0.625. The van der Waals surface area contributed by atoms with E-state index in [0.29, 0.717) is 0 Å². The van der Waals surface area contributed by atoms with Crippen molar-refractivity contribution in [1.29, 1.82) is 0 Å². The summed E-state index contributed by atoms with van der Waals surface area (Å²) in [6, 6.07) is 7.78. The average molecular weight is 265 g/mol. The van der Waals surface area contributed by atoms with Crippen LogP contribution in [0.25, 0.3) is 0 Å². The number of nitrogens with one attached hydrogen (secondary N) is 1. The maximum Gasteiger partial charge on any atom is 0.161 e. The molecular formula is C16H27NO2. The van der Waals surface area contributed by atoms with E-state index in [1.807, 2.05) is 24.3 Å². The highest BCUT2D eigenvalue weighted by Crippen LogP contribution is 2.27. The second-order valence-corrected chi connectivity index (χ2v) is 5.90. The van der Waals surface area contributed by atoms with Crippen LogP contribution in [0.15, 0.2) is 24.3 Å². The Hall–Kier alpha value is -1.22. The van der Waals surface area contributed by atoms with Crippen LogP contribution in [0.1, 0.15) is 40.5 Å². The van der Waals surface area contributed by atoms with Crippen LogP contribution in [0, 0.1) is 0 Å². The second-order valence-electron chi connectivity index (χ2n) is 5.90. The summed E-state index contributed by atoms with van der Waals surface area (Å²) in [6.07, 6.45) is 2.33. The number of ether oxygens (including phenoxy) is 2. The van der Waals surface area contributed by atoms with Gasteiger partial charge in [-0.2, -0.15) is 0 Å². The average Bonchev–Trinajstić information content (AvgIpc) is 2.34. The Bertz CT molecular complexity index is 371. The summed E-state index contributed by atoms with van der Waals surface area (Å²) in [7, 11) is 1.67. The minimum absolute atomic E-state index is 0.187. The summed E-state index contributed by atoms with van der Waals surface area (Å²) < 4.78 is 11.2. The highest BCUT2D eigenvalue weighted by atomic mass is 16.5. The first-order valence-electron chi connectivity index (χ1n) is 6.97. The zero-order valence-corrected chi connectivity index (χ0v) is 12.8. The van der Waals surface area contributed by atoms with Crippen molar-refractivity contribution in [2.24, 2.45) is 0 Å². The lowest BCUT2D eigenvalue weighted by Crippen LogP contribution is -2.36. The van der Waals surface area contributed by atoms with Gasteiger partial charge >= 0.3 is 0 Å². The molecule has 1 unspecified atom stereocenters. The number of rotatable bonds is 7. The maximum atomic E-state index is 5.92. The van der Waals surface area contributed by atoms with E-state index in [9.17, 15) is 0 Å². The van der Waals surface area contributed by atoms with Crippen molar-refractivity contribution in [3.8, 4) is 11.5 Å². The van der Waals surface area contributed by atoms with Gasteiger partial charge < -0.3 is 14.8 Å². The molecule has 0 bridgehead atoms. The third-order valence-electron chi connectivity index (χ3n) is 2.84. The van der Waals surface area contributed by atoms with E-state index in [1.165, 1.54) is 0 Å². The molecule has 1 rings (SSSR count). The summed E-state index contributed by atoms with van der Waals surface area (Å²) in [5.41, 5.74) is 0.187. The Balaban J connectivity index is 2.33. The van der Waals surface area contributed by atoms with Crippen molar-refractivity contribution in [1.82, 2.24) is 5.32 Å². The lowest BCUT2D eigenvalue weighted by atomic mass is 10.1. The van der Waals surface area contributed by atoms with Crippen LogP contribution in [-0.2, 0) is 0 Å². The third kappa shape index (κ3) is 6.48. The predicted octanol–water partition coefficient (Wildman–Crippen LogP) is 3.63. The van der Waals surface area contributed by atoms with Gasteiger partial charge in [0.15, 0.2) is 11.5 Å². The molecule has 0 aliphatic rings. The van der Waals surface area contributed by atoms with Gasteiger partial charge in [0.05, 0.1) is 13.2 Å². The Morgan fingerprint density at radius 3 is 2.37 bits per heavy atom. The Morgan fingerprint density at radius 1 is 1.16 bits per heavy atom. The molecule has 0 saturated heterocycles. The minimum Gasteiger partial charge on any atom is -0.493 e. The quantitative estimate of drug-likeness (QED) is 0.764. The Kier molecular flexibility index (Phi) is 6.16. The van der Waals surface area contributed by atoms with E-state index in [2.05, 4.69) is 33.0 Å². The van der Waals surface area contributed by atoms with Gasteiger partial charge in [-0.3, -0.25) is 0 Å². The summed E-state index contributed by atoms with van der Waals surface area (Å²) in [6.45, 7) is 9.66. The number of hydrogen-bond donors (Lipinski definition) is 1. The molecular weight excluding hydrogens is 238 g/mol. The van der Waals surface area contributed by atoms with Crippen LogP contribution in [0.3, 0.4) is 0 Å². The van der Waals surface area contributed by atoms with Crippen LogP contribution in [0.4, 0.5) is 0 Å². The second kappa shape index (κ2) is 7.39. The van der Waals surface area contributed by atoms with Gasteiger partial charge in [0.1, 0.15) is 0 Å². The molecule has 1 aromatic carbocycles. The van der Waals surface area contributed by atoms with Crippen LogP contribution < -0.4 is 14.8 Å². The molecule has 1 atom stereocenters. The highest BCUT2D eigenvalue weighted by Gasteiger charge is 2.10. The largest absolute Gasteiger partial charge is 0.493 e. The molecule has 0 aromatic heterocycles. The molecule has 0 amide bonds. The molecule has 3 nitrogen and oxygen atoms in total. The molecule has 0 spiro atoms. The lowest BCUT2D eigenvalue weighted by Gasteiger charge is -2.21. The molecule has 0 aliphatic heterocycles. The maximum absolute atomic E-state index is 5.92. The number of para-hydroxylation sites is 2. The van der Waals surface area contributed by atoms with E-state index in [-0.39, 0.29) is 11.6 Å². The number of benzene rings is 1. The zero-order valence-electron chi connectivity index (χ0n) is 12.8. The van der Waals surface area contributed by atoms with Gasteiger partial charge in [-0.15, -0.1) is 0 Å². The highest BCUT2D eigenvalue weighted by molar-refractivity contribution is 5.39. The third-order valence-corrected chi connectivity index (χ3v) is 2.84. The first-order valence-corrected chi connectivity index (χ1v) is 6.97. The summed E-state index contributed by atoms with van der Waals surface area (Å²) >= 11 is 0. The predicted molar refractivity (Wildman–Crippen MR) is 80.1 cm³/mol. The Morgan fingerprint density at radius 2 is 1.79 bits per heavy atom. The van der Waals surface area contributed by atoms with Crippen LogP contribution in [0.2, 0.25) is 0 Å². The Labute approximate surface area is 117 Å². The molecule has 0 fully saturated rings. The monoisotopic (exact) mass is 265 g/mol. The van der Waals surface area contributed by atoms with E-state index in [4.69, 9.17) is 9.47 Å². The fourth-order valence-electron chi connectivity index (χ4n) is 1.84. The van der Waals surface area contributed by atoms with Gasteiger partial charge in [0.25, 0.3) is 0 Å². The van der Waals surface area contributed by atoms with Crippen molar-refractivity contribution in [3.63, 3.8) is 0 Å². The van der Waals surface area contributed by atoms with Crippen molar-refractivity contribution in [2.75, 3.05) is 13.7 Å². The first-order chi connectivity index (χ1) is 8.92. The fourth-order valence-corrected chi connectivity index (χ4v) is 1.84. The topological polar surface area (TPSA) is 30.5 Å². The van der Waals surface area contributed by atoms with E-state index < -0.39 is 0 Å². The number of hydrogen-bond acceptors (Lipinski definition) is 3. The van der Waals surface area contributed by atoms with E-state index in [0.717, 1.165) is 30.9 Å². The molecule has 0 aliphatic carbocycles. The smallest absolute Gasteiger partial charge is 0.161 e. The summed E-state index contributed by atoms with van der Waals surface area (Å²) in [5.74, 6) is 1.61. The van der Waals surface area contributed by atoms with Gasteiger partial charge in [-0.1, -0.05) is 12.1 Å².